The van der Waals surface area contributed by atoms with E-state index in [2.05, 4.69) is 22.0 Å². The third-order valence-electron chi connectivity index (χ3n) is 4.45. The molecule has 3 aromatic carbocycles. The number of methoxy groups -OCH3 is 1. The standard InChI is InChI=1S/C24H17BrFNO4/c1-30-22-11-18(10-19(13-27)16-4-6-17(7-5-16)24(28)29)21(25)12-23(22)31-14-15-2-8-20(26)9-3-15/h2-12H,14H2,1H3,(H,28,29). The number of nitrogens with zero attached hydrogens (tertiary/aromatic N) is 1. The third kappa shape index (κ3) is 5.50. The zero-order valence-electron chi connectivity index (χ0n) is 16.4. The molecule has 1 N–H and O–H groups in total. The van der Waals surface area contributed by atoms with E-state index in [9.17, 15) is 14.4 Å². The maximum Gasteiger partial charge on any atom is 0.335 e. The summed E-state index contributed by atoms with van der Waals surface area (Å²) in [6.07, 6.45) is 1.67. The van der Waals surface area contributed by atoms with Crippen LogP contribution in [0.15, 0.2) is 65.1 Å². The lowest BCUT2D eigenvalue weighted by Gasteiger charge is -2.13. The second-order valence-electron chi connectivity index (χ2n) is 6.49. The molecule has 0 saturated heterocycles. The average Bonchev–Trinajstić information content (AvgIpc) is 2.78. The van der Waals surface area contributed by atoms with Gasteiger partial charge in [-0.15, -0.1) is 0 Å². The van der Waals surface area contributed by atoms with Crippen LogP contribution in [0, 0.1) is 17.1 Å². The third-order valence-corrected chi connectivity index (χ3v) is 5.14. The summed E-state index contributed by atoms with van der Waals surface area (Å²) in [5.74, 6) is -0.390. The van der Waals surface area contributed by atoms with Crippen LogP contribution in [-0.4, -0.2) is 18.2 Å². The van der Waals surface area contributed by atoms with E-state index >= 15 is 0 Å². The first-order chi connectivity index (χ1) is 14.9. The number of nitriles is 1. The van der Waals surface area contributed by atoms with Crippen LogP contribution in [0.2, 0.25) is 0 Å². The SMILES string of the molecule is COc1cc(C=C(C#N)c2ccc(C(=O)O)cc2)c(Br)cc1OCc1ccc(F)cc1. The van der Waals surface area contributed by atoms with Crippen LogP contribution in [0.5, 0.6) is 11.5 Å². The summed E-state index contributed by atoms with van der Waals surface area (Å²) < 4.78 is 25.0. The number of allylic oxidation sites excluding steroid dienone is 1. The van der Waals surface area contributed by atoms with Gasteiger partial charge in [-0.1, -0.05) is 40.2 Å². The summed E-state index contributed by atoms with van der Waals surface area (Å²) in [5, 5.41) is 18.6. The van der Waals surface area contributed by atoms with Crippen molar-refractivity contribution >= 4 is 33.5 Å². The summed E-state index contributed by atoms with van der Waals surface area (Å²) in [7, 11) is 1.51. The van der Waals surface area contributed by atoms with Gasteiger partial charge in [-0.05, 0) is 59.2 Å². The molecule has 7 heteroatoms. The van der Waals surface area contributed by atoms with E-state index in [0.29, 0.717) is 32.7 Å². The first-order valence-corrected chi connectivity index (χ1v) is 9.91. The smallest absolute Gasteiger partial charge is 0.335 e. The number of hydrogen-bond acceptors (Lipinski definition) is 4. The number of carboxylic acid groups (broad SMARTS) is 1. The van der Waals surface area contributed by atoms with Gasteiger partial charge < -0.3 is 14.6 Å². The molecule has 0 atom stereocenters. The molecule has 0 radical (unpaired) electrons. The number of carbonyl (C=O) groups is 1. The number of ether oxygens (including phenoxy) is 2. The van der Waals surface area contributed by atoms with Gasteiger partial charge in [0.05, 0.1) is 24.3 Å². The Hall–Kier alpha value is -3.63. The van der Waals surface area contributed by atoms with Crippen LogP contribution in [0.25, 0.3) is 11.6 Å². The van der Waals surface area contributed by atoms with Crippen LogP contribution in [-0.2, 0) is 6.61 Å². The van der Waals surface area contributed by atoms with Gasteiger partial charge in [0.15, 0.2) is 11.5 Å². The number of aromatic carboxylic acids is 1. The van der Waals surface area contributed by atoms with Gasteiger partial charge >= 0.3 is 5.97 Å². The van der Waals surface area contributed by atoms with Crippen molar-refractivity contribution in [2.24, 2.45) is 0 Å². The highest BCUT2D eigenvalue weighted by molar-refractivity contribution is 9.10. The van der Waals surface area contributed by atoms with Crippen molar-refractivity contribution in [3.05, 3.63) is 93.2 Å². The lowest BCUT2D eigenvalue weighted by atomic mass is 10.0. The van der Waals surface area contributed by atoms with Crippen molar-refractivity contribution in [2.45, 2.75) is 6.61 Å². The molecule has 0 amide bonds. The fourth-order valence-corrected chi connectivity index (χ4v) is 3.24. The zero-order valence-corrected chi connectivity index (χ0v) is 18.0. The molecule has 156 valence electrons. The molecule has 0 aliphatic carbocycles. The Labute approximate surface area is 187 Å². The summed E-state index contributed by atoms with van der Waals surface area (Å²) in [4.78, 5) is 11.0. The predicted molar refractivity (Wildman–Crippen MR) is 118 cm³/mol. The topological polar surface area (TPSA) is 79.5 Å². The van der Waals surface area contributed by atoms with Gasteiger partial charge in [0, 0.05) is 4.47 Å². The molecule has 31 heavy (non-hydrogen) atoms. The van der Waals surface area contributed by atoms with Gasteiger partial charge in [-0.25, -0.2) is 9.18 Å². The van der Waals surface area contributed by atoms with Crippen LogP contribution in [0.1, 0.15) is 27.0 Å². The first kappa shape index (κ1) is 22.1. The summed E-state index contributed by atoms with van der Waals surface area (Å²) in [6.45, 7) is 0.234. The number of hydrogen-bond donors (Lipinski definition) is 1. The average molecular weight is 482 g/mol. The highest BCUT2D eigenvalue weighted by Crippen LogP contribution is 2.36. The summed E-state index contributed by atoms with van der Waals surface area (Å²) in [5.41, 5.74) is 2.59. The second-order valence-corrected chi connectivity index (χ2v) is 7.35. The first-order valence-electron chi connectivity index (χ1n) is 9.11. The lowest BCUT2D eigenvalue weighted by molar-refractivity contribution is 0.0697. The van der Waals surface area contributed by atoms with E-state index < -0.39 is 5.97 Å². The van der Waals surface area contributed by atoms with Gasteiger partial charge in [-0.2, -0.15) is 5.26 Å². The minimum atomic E-state index is -1.03. The second kappa shape index (κ2) is 9.92. The van der Waals surface area contributed by atoms with E-state index in [1.165, 1.54) is 31.4 Å². The highest BCUT2D eigenvalue weighted by Gasteiger charge is 2.12. The maximum absolute atomic E-state index is 13.1. The zero-order chi connectivity index (χ0) is 22.4. The van der Waals surface area contributed by atoms with E-state index in [1.807, 2.05) is 0 Å². The van der Waals surface area contributed by atoms with Crippen molar-refractivity contribution in [1.29, 1.82) is 5.26 Å². The van der Waals surface area contributed by atoms with Gasteiger partial charge in [0.25, 0.3) is 0 Å². The Morgan fingerprint density at radius 3 is 2.32 bits per heavy atom. The number of halogens is 2. The van der Waals surface area contributed by atoms with Crippen molar-refractivity contribution in [3.8, 4) is 17.6 Å². The van der Waals surface area contributed by atoms with E-state index in [-0.39, 0.29) is 18.0 Å². The molecule has 0 aliphatic heterocycles. The number of benzene rings is 3. The molecule has 3 rings (SSSR count). The number of carboxylic acids is 1. The van der Waals surface area contributed by atoms with Gasteiger partial charge in [-0.3, -0.25) is 0 Å². The molecule has 0 aromatic heterocycles. The largest absolute Gasteiger partial charge is 0.493 e. The van der Waals surface area contributed by atoms with Crippen LogP contribution in [0.3, 0.4) is 0 Å². The fourth-order valence-electron chi connectivity index (χ4n) is 2.80. The van der Waals surface area contributed by atoms with Crippen molar-refractivity contribution < 1.29 is 23.8 Å². The number of rotatable bonds is 7. The summed E-state index contributed by atoms with van der Waals surface area (Å²) in [6, 6.07) is 17.7. The quantitative estimate of drug-likeness (QED) is 0.333. The molecule has 0 unspecified atom stereocenters. The Morgan fingerprint density at radius 2 is 1.74 bits per heavy atom. The van der Waals surface area contributed by atoms with Crippen LogP contribution < -0.4 is 9.47 Å². The Bertz CT molecular complexity index is 1170. The van der Waals surface area contributed by atoms with E-state index in [4.69, 9.17) is 14.6 Å². The van der Waals surface area contributed by atoms with Crippen LogP contribution in [0.4, 0.5) is 4.39 Å². The normalized spacial score (nSPS) is 11.0. The maximum atomic E-state index is 13.1. The minimum Gasteiger partial charge on any atom is -0.493 e. The van der Waals surface area contributed by atoms with Crippen molar-refractivity contribution in [3.63, 3.8) is 0 Å². The highest BCUT2D eigenvalue weighted by atomic mass is 79.9. The molecule has 0 fully saturated rings. The molecule has 0 aliphatic rings. The van der Waals surface area contributed by atoms with Crippen LogP contribution >= 0.6 is 15.9 Å². The van der Waals surface area contributed by atoms with Crippen molar-refractivity contribution in [2.75, 3.05) is 7.11 Å². The Morgan fingerprint density at radius 1 is 1.10 bits per heavy atom. The Balaban J connectivity index is 1.87. The molecule has 3 aromatic rings. The van der Waals surface area contributed by atoms with Crippen molar-refractivity contribution in [1.82, 2.24) is 0 Å². The van der Waals surface area contributed by atoms with Gasteiger partial charge in [0.2, 0.25) is 0 Å². The fraction of sp³-hybridized carbons (Fsp3) is 0.0833. The molecular weight excluding hydrogens is 465 g/mol. The monoisotopic (exact) mass is 481 g/mol. The minimum absolute atomic E-state index is 0.145. The Kier molecular flexibility index (Phi) is 7.06. The molecule has 0 spiro atoms. The molecular formula is C24H17BrFNO4. The predicted octanol–water partition coefficient (Wildman–Crippen LogP) is 5.94. The summed E-state index contributed by atoms with van der Waals surface area (Å²) >= 11 is 3.49. The van der Waals surface area contributed by atoms with Gasteiger partial charge in [0.1, 0.15) is 12.4 Å². The molecule has 0 heterocycles. The van der Waals surface area contributed by atoms with E-state index in [0.717, 1.165) is 5.56 Å². The molecule has 0 saturated carbocycles. The van der Waals surface area contributed by atoms with E-state index in [1.54, 1.807) is 42.5 Å². The molecule has 0 bridgehead atoms. The lowest BCUT2D eigenvalue weighted by Crippen LogP contribution is -1.99. The molecule has 5 nitrogen and oxygen atoms in total.